The molecule has 2 heterocycles. The molecule has 0 bridgehead atoms. The van der Waals surface area contributed by atoms with Gasteiger partial charge in [-0.3, -0.25) is 10.2 Å². The van der Waals surface area contributed by atoms with Gasteiger partial charge in [0.15, 0.2) is 0 Å². The van der Waals surface area contributed by atoms with Crippen molar-refractivity contribution >= 4 is 23.1 Å². The fraction of sp³-hybridized carbons (Fsp3) is 0.350. The van der Waals surface area contributed by atoms with Crippen LogP contribution in [0.2, 0.25) is 0 Å². The van der Waals surface area contributed by atoms with Gasteiger partial charge in [-0.05, 0) is 47.5 Å². The van der Waals surface area contributed by atoms with E-state index < -0.39 is 16.6 Å². The molecule has 1 saturated heterocycles. The first-order valence-electron chi connectivity index (χ1n) is 8.47. The third-order valence-electron chi connectivity index (χ3n) is 6.01. The number of piperidine rings is 1. The third-order valence-corrected chi connectivity index (χ3v) is 7.20. The number of nitrogens with zero attached hydrogens (tertiary/aromatic N) is 2. The molecule has 132 valence electrons. The Bertz CT molecular complexity index is 985. The SMILES string of the molecule is CN1C(=N)C[C@](C)(c2cc(-c3ccc(F)c(C#N)c3)cs2)C2(CC2)C1=O. The van der Waals surface area contributed by atoms with Crippen molar-refractivity contribution in [3.63, 3.8) is 0 Å². The minimum Gasteiger partial charge on any atom is -0.303 e. The minimum absolute atomic E-state index is 0.0244. The first-order valence-corrected chi connectivity index (χ1v) is 9.35. The normalized spacial score (nSPS) is 24.0. The summed E-state index contributed by atoms with van der Waals surface area (Å²) in [7, 11) is 1.69. The molecule has 1 saturated carbocycles. The number of nitrogens with one attached hydrogen (secondary N) is 1. The summed E-state index contributed by atoms with van der Waals surface area (Å²) in [6.07, 6.45) is 2.23. The van der Waals surface area contributed by atoms with Crippen molar-refractivity contribution in [2.24, 2.45) is 5.41 Å². The Morgan fingerprint density at radius 3 is 2.69 bits per heavy atom. The number of thiophene rings is 1. The maximum atomic E-state index is 13.6. The average Bonchev–Trinajstić information content (AvgIpc) is 3.29. The van der Waals surface area contributed by atoms with Gasteiger partial charge in [-0.2, -0.15) is 5.26 Å². The van der Waals surface area contributed by atoms with E-state index >= 15 is 0 Å². The summed E-state index contributed by atoms with van der Waals surface area (Å²) in [6, 6.07) is 8.43. The first-order chi connectivity index (χ1) is 12.3. The lowest BCUT2D eigenvalue weighted by Crippen LogP contribution is -2.54. The van der Waals surface area contributed by atoms with Crippen LogP contribution in [-0.2, 0) is 10.2 Å². The smallest absolute Gasteiger partial charge is 0.234 e. The van der Waals surface area contributed by atoms with E-state index in [2.05, 4.69) is 6.92 Å². The van der Waals surface area contributed by atoms with E-state index in [-0.39, 0.29) is 11.5 Å². The van der Waals surface area contributed by atoms with Crippen LogP contribution in [0.15, 0.2) is 29.6 Å². The highest BCUT2D eigenvalue weighted by molar-refractivity contribution is 7.10. The largest absolute Gasteiger partial charge is 0.303 e. The maximum Gasteiger partial charge on any atom is 0.234 e. The lowest BCUT2D eigenvalue weighted by atomic mass is 9.67. The van der Waals surface area contributed by atoms with E-state index in [1.54, 1.807) is 30.5 Å². The molecule has 1 aromatic carbocycles. The fourth-order valence-corrected chi connectivity index (χ4v) is 5.26. The second kappa shape index (κ2) is 5.49. The second-order valence-electron chi connectivity index (χ2n) is 7.41. The number of carbonyl (C=O) groups is 1. The lowest BCUT2D eigenvalue weighted by molar-refractivity contribution is -0.136. The Balaban J connectivity index is 1.75. The Labute approximate surface area is 155 Å². The Morgan fingerprint density at radius 1 is 1.31 bits per heavy atom. The third kappa shape index (κ3) is 2.17. The van der Waals surface area contributed by atoms with Gasteiger partial charge >= 0.3 is 0 Å². The van der Waals surface area contributed by atoms with Crippen LogP contribution in [-0.4, -0.2) is 23.7 Å². The summed E-state index contributed by atoms with van der Waals surface area (Å²) in [4.78, 5) is 15.4. The van der Waals surface area contributed by atoms with Crippen molar-refractivity contribution in [3.8, 4) is 17.2 Å². The zero-order valence-electron chi connectivity index (χ0n) is 14.6. The van der Waals surface area contributed by atoms with Crippen molar-refractivity contribution in [1.82, 2.24) is 4.90 Å². The van der Waals surface area contributed by atoms with Crippen molar-refractivity contribution in [1.29, 1.82) is 10.7 Å². The Morgan fingerprint density at radius 2 is 2.04 bits per heavy atom. The van der Waals surface area contributed by atoms with Crippen molar-refractivity contribution in [3.05, 3.63) is 45.9 Å². The number of carbonyl (C=O) groups excluding carboxylic acids is 1. The summed E-state index contributed by atoms with van der Waals surface area (Å²) < 4.78 is 13.6. The molecule has 1 atom stereocenters. The number of amidine groups is 1. The van der Waals surface area contributed by atoms with E-state index in [9.17, 15) is 9.18 Å². The molecule has 4 nitrogen and oxygen atoms in total. The summed E-state index contributed by atoms with van der Waals surface area (Å²) >= 11 is 1.57. The standard InChI is InChI=1S/C20H18FN3OS/c1-19(9-17(23)24(2)18(25)20(19)5-6-20)16-8-14(11-26-16)12-3-4-15(21)13(7-12)10-22/h3-4,7-8,11,23H,5-6,9H2,1-2H3/t19-/m1/s1. The first kappa shape index (κ1) is 16.9. The summed E-state index contributed by atoms with van der Waals surface area (Å²) in [5.41, 5.74) is 0.921. The summed E-state index contributed by atoms with van der Waals surface area (Å²) in [5, 5.41) is 19.2. The van der Waals surface area contributed by atoms with E-state index in [1.807, 2.05) is 17.5 Å². The lowest BCUT2D eigenvalue weighted by Gasteiger charge is -2.44. The molecular weight excluding hydrogens is 349 g/mol. The highest BCUT2D eigenvalue weighted by Crippen LogP contribution is 2.64. The second-order valence-corrected chi connectivity index (χ2v) is 8.32. The average molecular weight is 367 g/mol. The molecule has 1 spiro atoms. The quantitative estimate of drug-likeness (QED) is 0.860. The van der Waals surface area contributed by atoms with E-state index in [0.29, 0.717) is 12.3 Å². The zero-order valence-corrected chi connectivity index (χ0v) is 15.4. The molecular formula is C20H18FN3OS. The molecule has 1 aromatic heterocycles. The van der Waals surface area contributed by atoms with Crippen molar-refractivity contribution in [2.45, 2.75) is 31.6 Å². The molecule has 1 aliphatic heterocycles. The van der Waals surface area contributed by atoms with Crippen LogP contribution in [0.3, 0.4) is 0 Å². The van der Waals surface area contributed by atoms with Crippen LogP contribution in [0.4, 0.5) is 4.39 Å². The molecule has 2 aromatic rings. The predicted octanol–water partition coefficient (Wildman–Crippen LogP) is 4.30. The predicted molar refractivity (Wildman–Crippen MR) is 98.6 cm³/mol. The van der Waals surface area contributed by atoms with Gasteiger partial charge in [-0.1, -0.05) is 13.0 Å². The number of likely N-dealkylation sites (tertiary alicyclic amines) is 1. The number of halogens is 1. The molecule has 1 N–H and O–H groups in total. The summed E-state index contributed by atoms with van der Waals surface area (Å²) in [5.74, 6) is -0.136. The van der Waals surface area contributed by atoms with E-state index in [1.165, 1.54) is 11.0 Å². The van der Waals surface area contributed by atoms with Crippen LogP contribution in [0.25, 0.3) is 11.1 Å². The van der Waals surface area contributed by atoms with Crippen LogP contribution >= 0.6 is 11.3 Å². The molecule has 0 unspecified atom stereocenters. The number of hydrogen-bond donors (Lipinski definition) is 1. The number of nitriles is 1. The van der Waals surface area contributed by atoms with Crippen LogP contribution in [0.5, 0.6) is 0 Å². The molecule has 1 amide bonds. The zero-order chi connectivity index (χ0) is 18.7. The molecule has 2 aliphatic rings. The molecule has 0 radical (unpaired) electrons. The van der Waals surface area contributed by atoms with Gasteiger partial charge < -0.3 is 4.90 Å². The minimum atomic E-state index is -0.523. The van der Waals surface area contributed by atoms with Gasteiger partial charge in [-0.25, -0.2) is 4.39 Å². The number of hydrogen-bond acceptors (Lipinski definition) is 4. The Hall–Kier alpha value is -2.52. The van der Waals surface area contributed by atoms with Gasteiger partial charge in [0.2, 0.25) is 5.91 Å². The fourth-order valence-electron chi connectivity index (χ4n) is 4.08. The molecule has 4 rings (SSSR count). The van der Waals surface area contributed by atoms with Crippen molar-refractivity contribution < 1.29 is 9.18 Å². The molecule has 2 fully saturated rings. The maximum absolute atomic E-state index is 13.6. The molecule has 1 aliphatic carbocycles. The van der Waals surface area contributed by atoms with Gasteiger partial charge in [0.25, 0.3) is 0 Å². The highest BCUT2D eigenvalue weighted by Gasteiger charge is 2.66. The van der Waals surface area contributed by atoms with Gasteiger partial charge in [0.1, 0.15) is 17.7 Å². The van der Waals surface area contributed by atoms with E-state index in [4.69, 9.17) is 10.7 Å². The van der Waals surface area contributed by atoms with Gasteiger partial charge in [0, 0.05) is 23.8 Å². The van der Waals surface area contributed by atoms with Crippen LogP contribution < -0.4 is 0 Å². The van der Waals surface area contributed by atoms with Crippen LogP contribution in [0, 0.1) is 28.0 Å². The Kier molecular flexibility index (Phi) is 3.57. The molecule has 26 heavy (non-hydrogen) atoms. The van der Waals surface area contributed by atoms with Gasteiger partial charge in [-0.15, -0.1) is 11.3 Å². The van der Waals surface area contributed by atoms with Gasteiger partial charge in [0.05, 0.1) is 11.0 Å². The monoisotopic (exact) mass is 367 g/mol. The van der Waals surface area contributed by atoms with E-state index in [0.717, 1.165) is 28.8 Å². The number of rotatable bonds is 2. The number of amides is 1. The topological polar surface area (TPSA) is 68.0 Å². The molecule has 6 heteroatoms. The number of benzene rings is 1. The van der Waals surface area contributed by atoms with Crippen LogP contribution in [0.1, 0.15) is 36.6 Å². The highest BCUT2D eigenvalue weighted by atomic mass is 32.1. The summed E-state index contributed by atoms with van der Waals surface area (Å²) in [6.45, 7) is 2.08. The van der Waals surface area contributed by atoms with Crippen molar-refractivity contribution in [2.75, 3.05) is 7.05 Å².